The molecule has 0 spiro atoms. The molecule has 2 N–H and O–H groups in total. The molecule has 6 heteroatoms. The van der Waals surface area contributed by atoms with Crippen LogP contribution in [0.5, 0.6) is 5.75 Å². The molecule has 0 saturated carbocycles. The van der Waals surface area contributed by atoms with E-state index in [9.17, 15) is 14.7 Å². The molecule has 1 aromatic rings. The van der Waals surface area contributed by atoms with Gasteiger partial charge in [-0.05, 0) is 18.7 Å². The van der Waals surface area contributed by atoms with Gasteiger partial charge in [-0.15, -0.1) is 0 Å². The van der Waals surface area contributed by atoms with Crippen molar-refractivity contribution in [1.82, 2.24) is 9.80 Å². The number of rotatable bonds is 2. The van der Waals surface area contributed by atoms with Gasteiger partial charge in [-0.3, -0.25) is 9.59 Å². The first-order chi connectivity index (χ1) is 9.60. The average molecular weight is 277 g/mol. The summed E-state index contributed by atoms with van der Waals surface area (Å²) in [6, 6.07) is 6.14. The number of likely N-dealkylation sites (N-methyl/N-ethyl adjacent to an activating group) is 1. The lowest BCUT2D eigenvalue weighted by Crippen LogP contribution is -2.51. The first kappa shape index (κ1) is 14.3. The Bertz CT molecular complexity index is 496. The Morgan fingerprint density at radius 1 is 1.25 bits per heavy atom. The smallest absolute Gasteiger partial charge is 0.313 e. The van der Waals surface area contributed by atoms with Crippen LogP contribution in [0.4, 0.5) is 5.69 Å². The molecule has 0 aromatic heterocycles. The molecule has 2 rings (SSSR count). The molecule has 1 aromatic carbocycles. The monoisotopic (exact) mass is 277 g/mol. The second-order valence-electron chi connectivity index (χ2n) is 4.73. The standard InChI is InChI=1S/C14H19N3O3/c1-2-16-6-8-17(9-7-16)14(20)13(19)15-11-4-3-5-12(18)10-11/h3-5,10,18H,2,6-9H2,1H3,(H,15,19). The van der Waals surface area contributed by atoms with E-state index in [1.165, 1.54) is 12.1 Å². The van der Waals surface area contributed by atoms with Crippen LogP contribution in [0.2, 0.25) is 0 Å². The van der Waals surface area contributed by atoms with E-state index in [1.807, 2.05) is 0 Å². The van der Waals surface area contributed by atoms with Crippen molar-refractivity contribution in [2.24, 2.45) is 0 Å². The Hall–Kier alpha value is -2.08. The van der Waals surface area contributed by atoms with E-state index < -0.39 is 11.8 Å². The molecule has 0 atom stereocenters. The van der Waals surface area contributed by atoms with Crippen LogP contribution >= 0.6 is 0 Å². The fourth-order valence-corrected chi connectivity index (χ4v) is 2.18. The largest absolute Gasteiger partial charge is 0.508 e. The molecule has 2 amide bonds. The fourth-order valence-electron chi connectivity index (χ4n) is 2.18. The lowest BCUT2D eigenvalue weighted by Gasteiger charge is -2.33. The normalized spacial score (nSPS) is 15.9. The van der Waals surface area contributed by atoms with Gasteiger partial charge >= 0.3 is 11.8 Å². The van der Waals surface area contributed by atoms with Crippen molar-refractivity contribution in [3.63, 3.8) is 0 Å². The number of phenols is 1. The number of hydrogen-bond acceptors (Lipinski definition) is 4. The van der Waals surface area contributed by atoms with Gasteiger partial charge in [0.05, 0.1) is 0 Å². The summed E-state index contributed by atoms with van der Waals surface area (Å²) in [7, 11) is 0. The summed E-state index contributed by atoms with van der Waals surface area (Å²) in [6.45, 7) is 5.76. The fraction of sp³-hybridized carbons (Fsp3) is 0.429. The lowest BCUT2D eigenvalue weighted by molar-refractivity contribution is -0.144. The van der Waals surface area contributed by atoms with Crippen molar-refractivity contribution in [2.45, 2.75) is 6.92 Å². The molecule has 20 heavy (non-hydrogen) atoms. The third-order valence-corrected chi connectivity index (χ3v) is 3.40. The Kier molecular flexibility index (Phi) is 4.57. The summed E-state index contributed by atoms with van der Waals surface area (Å²) in [4.78, 5) is 27.7. The molecule has 0 aliphatic carbocycles. The van der Waals surface area contributed by atoms with Gasteiger partial charge in [0.2, 0.25) is 0 Å². The second-order valence-corrected chi connectivity index (χ2v) is 4.73. The maximum Gasteiger partial charge on any atom is 0.313 e. The second kappa shape index (κ2) is 6.38. The van der Waals surface area contributed by atoms with E-state index in [1.54, 1.807) is 17.0 Å². The van der Waals surface area contributed by atoms with Crippen LogP contribution in [-0.2, 0) is 9.59 Å². The first-order valence-electron chi connectivity index (χ1n) is 6.72. The summed E-state index contributed by atoms with van der Waals surface area (Å²) in [5.74, 6) is -1.14. The maximum atomic E-state index is 12.0. The van der Waals surface area contributed by atoms with E-state index in [0.717, 1.165) is 19.6 Å². The molecule has 1 aliphatic rings. The van der Waals surface area contributed by atoms with Gasteiger partial charge in [0.15, 0.2) is 0 Å². The average Bonchev–Trinajstić information content (AvgIpc) is 2.46. The summed E-state index contributed by atoms with van der Waals surface area (Å²) in [5.41, 5.74) is 0.413. The van der Waals surface area contributed by atoms with E-state index >= 15 is 0 Å². The molecule has 0 unspecified atom stereocenters. The number of carbonyl (C=O) groups excluding carboxylic acids is 2. The minimum absolute atomic E-state index is 0.0480. The highest BCUT2D eigenvalue weighted by molar-refractivity contribution is 6.39. The van der Waals surface area contributed by atoms with Crippen molar-refractivity contribution in [3.05, 3.63) is 24.3 Å². The topological polar surface area (TPSA) is 72.9 Å². The minimum Gasteiger partial charge on any atom is -0.508 e. The van der Waals surface area contributed by atoms with Crippen LogP contribution in [-0.4, -0.2) is 59.4 Å². The van der Waals surface area contributed by atoms with Crippen molar-refractivity contribution in [3.8, 4) is 5.75 Å². The predicted molar refractivity (Wildman–Crippen MR) is 75.4 cm³/mol. The molecular formula is C14H19N3O3. The van der Waals surface area contributed by atoms with Crippen LogP contribution in [0.15, 0.2) is 24.3 Å². The van der Waals surface area contributed by atoms with Crippen molar-refractivity contribution >= 4 is 17.5 Å². The molecule has 0 radical (unpaired) electrons. The van der Waals surface area contributed by atoms with E-state index in [4.69, 9.17) is 0 Å². The minimum atomic E-state index is -0.666. The third kappa shape index (κ3) is 3.48. The third-order valence-electron chi connectivity index (χ3n) is 3.40. The summed E-state index contributed by atoms with van der Waals surface area (Å²) < 4.78 is 0. The molecule has 1 aliphatic heterocycles. The van der Waals surface area contributed by atoms with Gasteiger partial charge in [0, 0.05) is 37.9 Å². The molecule has 1 fully saturated rings. The molecular weight excluding hydrogens is 258 g/mol. The zero-order valence-electron chi connectivity index (χ0n) is 11.5. The molecule has 1 saturated heterocycles. The Labute approximate surface area is 118 Å². The van der Waals surface area contributed by atoms with Crippen molar-refractivity contribution in [1.29, 1.82) is 0 Å². The molecule has 108 valence electrons. The summed E-state index contributed by atoms with van der Waals surface area (Å²) in [5, 5.41) is 11.8. The number of nitrogens with one attached hydrogen (secondary N) is 1. The summed E-state index contributed by atoms with van der Waals surface area (Å²) in [6.07, 6.45) is 0. The van der Waals surface area contributed by atoms with E-state index in [-0.39, 0.29) is 5.75 Å². The zero-order chi connectivity index (χ0) is 14.5. The van der Waals surface area contributed by atoms with Gasteiger partial charge in [-0.2, -0.15) is 0 Å². The van der Waals surface area contributed by atoms with Crippen molar-refractivity contribution < 1.29 is 14.7 Å². The number of carbonyl (C=O) groups is 2. The first-order valence-corrected chi connectivity index (χ1v) is 6.72. The SMILES string of the molecule is CCN1CCN(C(=O)C(=O)Nc2cccc(O)c2)CC1. The number of nitrogens with zero attached hydrogens (tertiary/aromatic N) is 2. The van der Waals surface area contributed by atoms with Crippen LogP contribution < -0.4 is 5.32 Å². The van der Waals surface area contributed by atoms with Crippen LogP contribution in [0.1, 0.15) is 6.92 Å². The van der Waals surface area contributed by atoms with Gasteiger partial charge < -0.3 is 20.2 Å². The van der Waals surface area contributed by atoms with Crippen molar-refractivity contribution in [2.75, 3.05) is 38.0 Å². The highest BCUT2D eigenvalue weighted by Crippen LogP contribution is 2.15. The molecule has 0 bridgehead atoms. The van der Waals surface area contributed by atoms with E-state index in [0.29, 0.717) is 18.8 Å². The zero-order valence-corrected chi connectivity index (χ0v) is 11.5. The Balaban J connectivity index is 1.91. The van der Waals surface area contributed by atoms with Gasteiger partial charge in [-0.1, -0.05) is 13.0 Å². The van der Waals surface area contributed by atoms with Crippen LogP contribution in [0, 0.1) is 0 Å². The number of hydrogen-bond donors (Lipinski definition) is 2. The van der Waals surface area contributed by atoms with Crippen LogP contribution in [0.3, 0.4) is 0 Å². The Morgan fingerprint density at radius 2 is 1.95 bits per heavy atom. The van der Waals surface area contributed by atoms with Gasteiger partial charge in [-0.25, -0.2) is 0 Å². The molecule has 1 heterocycles. The quantitative estimate of drug-likeness (QED) is 0.772. The number of benzene rings is 1. The van der Waals surface area contributed by atoms with Gasteiger partial charge in [0.1, 0.15) is 5.75 Å². The lowest BCUT2D eigenvalue weighted by atomic mass is 10.2. The van der Waals surface area contributed by atoms with E-state index in [2.05, 4.69) is 17.1 Å². The summed E-state index contributed by atoms with van der Waals surface area (Å²) >= 11 is 0. The Morgan fingerprint density at radius 3 is 2.55 bits per heavy atom. The number of amides is 2. The number of anilines is 1. The predicted octanol–water partition coefficient (Wildman–Crippen LogP) is 0.495. The van der Waals surface area contributed by atoms with Gasteiger partial charge in [0.25, 0.3) is 0 Å². The number of aromatic hydroxyl groups is 1. The maximum absolute atomic E-state index is 12.0. The highest BCUT2D eigenvalue weighted by Gasteiger charge is 2.25. The number of piperazine rings is 1. The highest BCUT2D eigenvalue weighted by atomic mass is 16.3. The number of phenolic OH excluding ortho intramolecular Hbond substituents is 1. The molecule has 6 nitrogen and oxygen atoms in total. The van der Waals surface area contributed by atoms with Crippen LogP contribution in [0.25, 0.3) is 0 Å².